The minimum absolute atomic E-state index is 0. The van der Waals surface area contributed by atoms with Gasteiger partial charge in [0.15, 0.2) is 11.8 Å². The van der Waals surface area contributed by atoms with Crippen molar-refractivity contribution < 1.29 is 0 Å². The van der Waals surface area contributed by atoms with Crippen molar-refractivity contribution in [1.82, 2.24) is 25.4 Å². The summed E-state index contributed by atoms with van der Waals surface area (Å²) in [7, 11) is 1.76. The molecule has 0 aliphatic heterocycles. The van der Waals surface area contributed by atoms with Crippen molar-refractivity contribution in [2.75, 3.05) is 7.05 Å². The zero-order chi connectivity index (χ0) is 15.1. The molecular formula is C15H23IN6. The van der Waals surface area contributed by atoms with Gasteiger partial charge in [0.2, 0.25) is 0 Å². The fraction of sp³-hybridized carbons (Fsp3) is 0.400. The molecule has 0 aliphatic rings. The van der Waals surface area contributed by atoms with Crippen LogP contribution in [-0.2, 0) is 6.54 Å². The second kappa shape index (κ2) is 9.39. The number of hydrogen-bond donors (Lipinski definition) is 2. The number of para-hydroxylation sites is 1. The lowest BCUT2D eigenvalue weighted by Crippen LogP contribution is -2.41. The standard InChI is InChI=1S/C15H22N6.HI/c1-4-12(2)19-15(16-3)17-10-14-20-18-11-21(14)13-8-6-5-7-9-13;/h5-9,11-12H,4,10H2,1-3H3,(H2,16,17,19);1H. The maximum atomic E-state index is 4.21. The van der Waals surface area contributed by atoms with Crippen molar-refractivity contribution in [1.29, 1.82) is 0 Å². The lowest BCUT2D eigenvalue weighted by Gasteiger charge is -2.16. The number of aliphatic imine (C=N–C) groups is 1. The Morgan fingerprint density at radius 1 is 1.32 bits per heavy atom. The van der Waals surface area contributed by atoms with E-state index >= 15 is 0 Å². The molecule has 2 aromatic rings. The average molecular weight is 414 g/mol. The predicted molar refractivity (Wildman–Crippen MR) is 99.9 cm³/mol. The van der Waals surface area contributed by atoms with Crippen molar-refractivity contribution >= 4 is 29.9 Å². The third-order valence-corrected chi connectivity index (χ3v) is 3.29. The van der Waals surface area contributed by atoms with Crippen LogP contribution in [0.3, 0.4) is 0 Å². The molecule has 2 rings (SSSR count). The Hall–Kier alpha value is -1.64. The van der Waals surface area contributed by atoms with Gasteiger partial charge in [-0.3, -0.25) is 9.56 Å². The van der Waals surface area contributed by atoms with E-state index in [1.54, 1.807) is 13.4 Å². The van der Waals surface area contributed by atoms with Crippen LogP contribution in [0, 0.1) is 0 Å². The van der Waals surface area contributed by atoms with Crippen molar-refractivity contribution in [3.05, 3.63) is 42.5 Å². The van der Waals surface area contributed by atoms with Crippen LogP contribution in [0.1, 0.15) is 26.1 Å². The molecule has 0 amide bonds. The number of nitrogens with zero attached hydrogens (tertiary/aromatic N) is 4. The first-order chi connectivity index (χ1) is 10.2. The molecule has 6 nitrogen and oxygen atoms in total. The minimum atomic E-state index is 0. The molecule has 1 atom stereocenters. The van der Waals surface area contributed by atoms with Gasteiger partial charge in [-0.2, -0.15) is 0 Å². The van der Waals surface area contributed by atoms with Crippen molar-refractivity contribution in [3.8, 4) is 5.69 Å². The van der Waals surface area contributed by atoms with Crippen molar-refractivity contribution in [3.63, 3.8) is 0 Å². The Bertz CT molecular complexity index is 581. The van der Waals surface area contributed by atoms with Crippen molar-refractivity contribution in [2.45, 2.75) is 32.9 Å². The number of rotatable bonds is 5. The second-order valence-corrected chi connectivity index (χ2v) is 4.83. The normalized spacial score (nSPS) is 12.4. The van der Waals surface area contributed by atoms with Crippen LogP contribution in [0.4, 0.5) is 0 Å². The Labute approximate surface area is 148 Å². The van der Waals surface area contributed by atoms with Gasteiger partial charge in [-0.15, -0.1) is 34.2 Å². The summed E-state index contributed by atoms with van der Waals surface area (Å²) < 4.78 is 1.96. The minimum Gasteiger partial charge on any atom is -0.354 e. The summed E-state index contributed by atoms with van der Waals surface area (Å²) in [5.74, 6) is 1.61. The van der Waals surface area contributed by atoms with Gasteiger partial charge in [-0.1, -0.05) is 25.1 Å². The highest BCUT2D eigenvalue weighted by Gasteiger charge is 2.08. The molecule has 7 heteroatoms. The lowest BCUT2D eigenvalue weighted by atomic mass is 10.3. The van der Waals surface area contributed by atoms with Crippen LogP contribution >= 0.6 is 24.0 Å². The first kappa shape index (κ1) is 18.4. The maximum absolute atomic E-state index is 4.21. The molecule has 2 N–H and O–H groups in total. The van der Waals surface area contributed by atoms with E-state index in [9.17, 15) is 0 Å². The first-order valence-corrected chi connectivity index (χ1v) is 7.16. The molecule has 1 aromatic carbocycles. The SMILES string of the molecule is CCC(C)NC(=NC)NCc1nncn1-c1ccccc1.I. The Morgan fingerprint density at radius 2 is 2.05 bits per heavy atom. The number of halogens is 1. The van der Waals surface area contributed by atoms with E-state index in [4.69, 9.17) is 0 Å². The van der Waals surface area contributed by atoms with Gasteiger partial charge in [0.25, 0.3) is 0 Å². The summed E-state index contributed by atoms with van der Waals surface area (Å²) in [6.07, 6.45) is 2.76. The van der Waals surface area contributed by atoms with Crippen molar-refractivity contribution in [2.24, 2.45) is 4.99 Å². The van der Waals surface area contributed by atoms with Crippen LogP contribution in [0.25, 0.3) is 5.69 Å². The van der Waals surface area contributed by atoms with E-state index in [0.717, 1.165) is 23.9 Å². The predicted octanol–water partition coefficient (Wildman–Crippen LogP) is 2.35. The number of nitrogens with one attached hydrogen (secondary N) is 2. The average Bonchev–Trinajstić information content (AvgIpc) is 3.00. The highest BCUT2D eigenvalue weighted by molar-refractivity contribution is 14.0. The summed E-state index contributed by atoms with van der Waals surface area (Å²) >= 11 is 0. The summed E-state index contributed by atoms with van der Waals surface area (Å²) in [6, 6.07) is 10.4. The van der Waals surface area contributed by atoms with E-state index in [1.807, 2.05) is 34.9 Å². The molecule has 1 unspecified atom stereocenters. The monoisotopic (exact) mass is 414 g/mol. The molecule has 22 heavy (non-hydrogen) atoms. The fourth-order valence-corrected chi connectivity index (χ4v) is 1.88. The Kier molecular flexibility index (Phi) is 7.86. The lowest BCUT2D eigenvalue weighted by molar-refractivity contribution is 0.620. The van der Waals surface area contributed by atoms with Gasteiger partial charge >= 0.3 is 0 Å². The second-order valence-electron chi connectivity index (χ2n) is 4.83. The number of aromatic nitrogens is 3. The summed E-state index contributed by atoms with van der Waals surface area (Å²) in [4.78, 5) is 4.21. The molecule has 0 saturated heterocycles. The van der Waals surface area contributed by atoms with Gasteiger partial charge in [-0.05, 0) is 25.5 Å². The van der Waals surface area contributed by atoms with Gasteiger partial charge in [0.1, 0.15) is 6.33 Å². The molecular weight excluding hydrogens is 391 g/mol. The quantitative estimate of drug-likeness (QED) is 0.448. The summed E-state index contributed by atoms with van der Waals surface area (Å²) in [5.41, 5.74) is 1.05. The highest BCUT2D eigenvalue weighted by Crippen LogP contribution is 2.08. The summed E-state index contributed by atoms with van der Waals surface area (Å²) in [6.45, 7) is 4.82. The zero-order valence-corrected chi connectivity index (χ0v) is 15.5. The van der Waals surface area contributed by atoms with Gasteiger partial charge in [-0.25, -0.2) is 0 Å². The largest absolute Gasteiger partial charge is 0.354 e. The third kappa shape index (κ3) is 4.97. The molecule has 0 radical (unpaired) electrons. The van der Waals surface area contributed by atoms with Crippen LogP contribution in [0.2, 0.25) is 0 Å². The van der Waals surface area contributed by atoms with Gasteiger partial charge in [0.05, 0.1) is 6.54 Å². The highest BCUT2D eigenvalue weighted by atomic mass is 127. The van der Waals surface area contributed by atoms with Crippen LogP contribution in [0.15, 0.2) is 41.7 Å². The van der Waals surface area contributed by atoms with Crippen LogP contribution < -0.4 is 10.6 Å². The summed E-state index contributed by atoms with van der Waals surface area (Å²) in [5, 5.41) is 14.7. The topological polar surface area (TPSA) is 67.1 Å². The smallest absolute Gasteiger partial charge is 0.191 e. The molecule has 0 bridgehead atoms. The molecule has 0 aliphatic carbocycles. The molecule has 0 spiro atoms. The maximum Gasteiger partial charge on any atom is 0.191 e. The Morgan fingerprint density at radius 3 is 2.68 bits per heavy atom. The van der Waals surface area contributed by atoms with Crippen LogP contribution in [-0.4, -0.2) is 33.8 Å². The molecule has 0 fully saturated rings. The third-order valence-electron chi connectivity index (χ3n) is 3.29. The van der Waals surface area contributed by atoms with E-state index < -0.39 is 0 Å². The van der Waals surface area contributed by atoms with Crippen LogP contribution in [0.5, 0.6) is 0 Å². The number of hydrogen-bond acceptors (Lipinski definition) is 3. The van der Waals surface area contributed by atoms with E-state index in [1.165, 1.54) is 0 Å². The molecule has 0 saturated carbocycles. The van der Waals surface area contributed by atoms with E-state index in [-0.39, 0.29) is 24.0 Å². The Balaban J connectivity index is 0.00000242. The van der Waals surface area contributed by atoms with Gasteiger partial charge < -0.3 is 10.6 Å². The fourth-order valence-electron chi connectivity index (χ4n) is 1.88. The number of guanidine groups is 1. The van der Waals surface area contributed by atoms with Gasteiger partial charge in [0, 0.05) is 18.8 Å². The molecule has 1 aromatic heterocycles. The molecule has 120 valence electrons. The molecule has 1 heterocycles. The van der Waals surface area contributed by atoms with E-state index in [2.05, 4.69) is 39.7 Å². The number of benzene rings is 1. The van der Waals surface area contributed by atoms with E-state index in [0.29, 0.717) is 12.6 Å². The zero-order valence-electron chi connectivity index (χ0n) is 13.2. The first-order valence-electron chi connectivity index (χ1n) is 7.16.